The fourth-order valence-electron chi connectivity index (χ4n) is 2.22. The first-order valence-electron chi connectivity index (χ1n) is 6.73. The summed E-state index contributed by atoms with van der Waals surface area (Å²) in [5, 5.41) is 14.4. The van der Waals surface area contributed by atoms with Gasteiger partial charge in [-0.1, -0.05) is 6.07 Å². The quantitative estimate of drug-likeness (QED) is 0.675. The van der Waals surface area contributed by atoms with Gasteiger partial charge >= 0.3 is 0 Å². The first kappa shape index (κ1) is 15.1. The SMILES string of the molecule is Cc1cnc(CN[C@@H](C)c2cccnc2)c(C)c1[N+](=O)[O-]. The van der Waals surface area contributed by atoms with E-state index in [2.05, 4.69) is 15.3 Å². The molecule has 1 atom stereocenters. The minimum Gasteiger partial charge on any atom is -0.304 e. The van der Waals surface area contributed by atoms with Gasteiger partial charge in [0.2, 0.25) is 0 Å². The van der Waals surface area contributed by atoms with Gasteiger partial charge in [0.1, 0.15) is 0 Å². The van der Waals surface area contributed by atoms with Crippen LogP contribution in [0.2, 0.25) is 0 Å². The molecule has 0 aliphatic carbocycles. The zero-order chi connectivity index (χ0) is 15.4. The number of rotatable bonds is 5. The molecule has 0 saturated heterocycles. The van der Waals surface area contributed by atoms with Gasteiger partial charge in [0.05, 0.1) is 10.6 Å². The zero-order valence-electron chi connectivity index (χ0n) is 12.3. The van der Waals surface area contributed by atoms with Crippen LogP contribution in [0.15, 0.2) is 30.7 Å². The van der Waals surface area contributed by atoms with Crippen LogP contribution < -0.4 is 5.32 Å². The second kappa shape index (κ2) is 6.41. The fraction of sp³-hybridized carbons (Fsp3) is 0.333. The van der Waals surface area contributed by atoms with E-state index in [0.29, 0.717) is 23.4 Å². The second-order valence-corrected chi connectivity index (χ2v) is 5.01. The van der Waals surface area contributed by atoms with Crippen LogP contribution in [0, 0.1) is 24.0 Å². The minimum absolute atomic E-state index is 0.0975. The highest BCUT2D eigenvalue weighted by Crippen LogP contribution is 2.24. The van der Waals surface area contributed by atoms with Crippen LogP contribution in [0.4, 0.5) is 5.69 Å². The number of aryl methyl sites for hydroxylation is 1. The Morgan fingerprint density at radius 2 is 2.14 bits per heavy atom. The van der Waals surface area contributed by atoms with Crippen molar-refractivity contribution in [2.75, 3.05) is 0 Å². The average Bonchev–Trinajstić information content (AvgIpc) is 2.46. The van der Waals surface area contributed by atoms with Crippen molar-refractivity contribution >= 4 is 5.69 Å². The Labute approximate surface area is 123 Å². The maximum Gasteiger partial charge on any atom is 0.278 e. The number of hydrogen-bond donors (Lipinski definition) is 1. The molecular formula is C15H18N4O2. The van der Waals surface area contributed by atoms with Crippen LogP contribution in [0.5, 0.6) is 0 Å². The Kier molecular flexibility index (Phi) is 4.59. The van der Waals surface area contributed by atoms with Gasteiger partial charge in [0.25, 0.3) is 5.69 Å². The molecule has 0 aliphatic heterocycles. The van der Waals surface area contributed by atoms with E-state index in [1.807, 2.05) is 19.1 Å². The Hall–Kier alpha value is -2.34. The van der Waals surface area contributed by atoms with Crippen LogP contribution in [0.1, 0.15) is 35.3 Å². The van der Waals surface area contributed by atoms with E-state index in [1.165, 1.54) is 0 Å². The molecule has 1 N–H and O–H groups in total. The maximum atomic E-state index is 11.1. The van der Waals surface area contributed by atoms with Crippen LogP contribution in [-0.2, 0) is 6.54 Å². The number of nitrogens with one attached hydrogen (secondary N) is 1. The van der Waals surface area contributed by atoms with Crippen molar-refractivity contribution in [3.63, 3.8) is 0 Å². The monoisotopic (exact) mass is 286 g/mol. The first-order chi connectivity index (χ1) is 10.0. The molecule has 0 spiro atoms. The van der Waals surface area contributed by atoms with Crippen LogP contribution in [0.3, 0.4) is 0 Å². The number of nitrogens with zero attached hydrogens (tertiary/aromatic N) is 3. The fourth-order valence-corrected chi connectivity index (χ4v) is 2.22. The molecule has 0 fully saturated rings. The summed E-state index contributed by atoms with van der Waals surface area (Å²) in [5.74, 6) is 0. The standard InChI is InChI=1S/C15H18N4O2/c1-10-7-18-14(11(2)15(10)19(20)21)9-17-12(3)13-5-4-6-16-8-13/h4-8,12,17H,9H2,1-3H3/t12-/m0/s1. The molecule has 0 bridgehead atoms. The van der Waals surface area contributed by atoms with Gasteiger partial charge in [-0.2, -0.15) is 0 Å². The molecular weight excluding hydrogens is 268 g/mol. The Morgan fingerprint density at radius 3 is 2.76 bits per heavy atom. The van der Waals surface area contributed by atoms with E-state index < -0.39 is 0 Å². The van der Waals surface area contributed by atoms with Gasteiger partial charge < -0.3 is 5.32 Å². The molecule has 6 nitrogen and oxygen atoms in total. The van der Waals surface area contributed by atoms with Gasteiger partial charge in [0, 0.05) is 42.3 Å². The van der Waals surface area contributed by atoms with E-state index in [1.54, 1.807) is 32.4 Å². The molecule has 0 amide bonds. The predicted octanol–water partition coefficient (Wildman–Crippen LogP) is 2.85. The molecule has 0 radical (unpaired) electrons. The molecule has 2 aromatic rings. The molecule has 2 rings (SSSR count). The molecule has 21 heavy (non-hydrogen) atoms. The molecule has 2 heterocycles. The van der Waals surface area contributed by atoms with Crippen molar-refractivity contribution < 1.29 is 4.92 Å². The lowest BCUT2D eigenvalue weighted by Crippen LogP contribution is -2.20. The van der Waals surface area contributed by atoms with E-state index in [4.69, 9.17) is 0 Å². The van der Waals surface area contributed by atoms with Gasteiger partial charge in [-0.3, -0.25) is 20.1 Å². The highest BCUT2D eigenvalue weighted by atomic mass is 16.6. The molecule has 0 saturated carbocycles. The van der Waals surface area contributed by atoms with Crippen molar-refractivity contribution in [3.8, 4) is 0 Å². The van der Waals surface area contributed by atoms with E-state index in [-0.39, 0.29) is 16.7 Å². The summed E-state index contributed by atoms with van der Waals surface area (Å²) < 4.78 is 0. The van der Waals surface area contributed by atoms with Gasteiger partial charge in [-0.15, -0.1) is 0 Å². The summed E-state index contributed by atoms with van der Waals surface area (Å²) in [4.78, 5) is 19.1. The third-order valence-corrected chi connectivity index (χ3v) is 3.52. The Bertz CT molecular complexity index is 644. The number of aromatic nitrogens is 2. The lowest BCUT2D eigenvalue weighted by molar-refractivity contribution is -0.386. The minimum atomic E-state index is -0.347. The largest absolute Gasteiger partial charge is 0.304 e. The Morgan fingerprint density at radius 1 is 1.38 bits per heavy atom. The average molecular weight is 286 g/mol. The molecule has 6 heteroatoms. The lowest BCUT2D eigenvalue weighted by atomic mass is 10.1. The van der Waals surface area contributed by atoms with Crippen molar-refractivity contribution in [2.45, 2.75) is 33.4 Å². The van der Waals surface area contributed by atoms with E-state index in [0.717, 1.165) is 5.56 Å². The normalized spacial score (nSPS) is 12.1. The number of nitro groups is 1. The van der Waals surface area contributed by atoms with E-state index >= 15 is 0 Å². The summed E-state index contributed by atoms with van der Waals surface area (Å²) in [5.41, 5.74) is 3.11. The smallest absolute Gasteiger partial charge is 0.278 e. The Balaban J connectivity index is 2.14. The highest BCUT2D eigenvalue weighted by Gasteiger charge is 2.18. The van der Waals surface area contributed by atoms with Crippen LogP contribution in [-0.4, -0.2) is 14.9 Å². The van der Waals surface area contributed by atoms with Crippen molar-refractivity contribution in [1.82, 2.24) is 15.3 Å². The summed E-state index contributed by atoms with van der Waals surface area (Å²) in [7, 11) is 0. The van der Waals surface area contributed by atoms with Gasteiger partial charge in [0.15, 0.2) is 0 Å². The summed E-state index contributed by atoms with van der Waals surface area (Å²) in [6, 6.07) is 3.97. The number of hydrogen-bond acceptors (Lipinski definition) is 5. The third-order valence-electron chi connectivity index (χ3n) is 3.52. The van der Waals surface area contributed by atoms with Gasteiger partial charge in [-0.05, 0) is 32.4 Å². The summed E-state index contributed by atoms with van der Waals surface area (Å²) >= 11 is 0. The number of pyridine rings is 2. The third kappa shape index (κ3) is 3.41. The molecule has 0 aliphatic rings. The molecule has 110 valence electrons. The van der Waals surface area contributed by atoms with Crippen molar-refractivity contribution in [3.05, 3.63) is 63.2 Å². The summed E-state index contributed by atoms with van der Waals surface area (Å²) in [6.07, 6.45) is 5.08. The second-order valence-electron chi connectivity index (χ2n) is 5.01. The maximum absolute atomic E-state index is 11.1. The zero-order valence-corrected chi connectivity index (χ0v) is 12.3. The predicted molar refractivity (Wildman–Crippen MR) is 79.9 cm³/mol. The van der Waals surface area contributed by atoms with Crippen LogP contribution in [0.25, 0.3) is 0 Å². The molecule has 0 aromatic carbocycles. The van der Waals surface area contributed by atoms with Gasteiger partial charge in [-0.25, -0.2) is 0 Å². The summed E-state index contributed by atoms with van der Waals surface area (Å²) in [6.45, 7) is 5.94. The lowest BCUT2D eigenvalue weighted by Gasteiger charge is -2.14. The molecule has 2 aromatic heterocycles. The topological polar surface area (TPSA) is 81.0 Å². The van der Waals surface area contributed by atoms with E-state index in [9.17, 15) is 10.1 Å². The highest BCUT2D eigenvalue weighted by molar-refractivity contribution is 5.47. The van der Waals surface area contributed by atoms with Crippen molar-refractivity contribution in [1.29, 1.82) is 0 Å². The molecule has 0 unspecified atom stereocenters. The van der Waals surface area contributed by atoms with Crippen LogP contribution >= 0.6 is 0 Å². The first-order valence-corrected chi connectivity index (χ1v) is 6.73. The van der Waals surface area contributed by atoms with Crippen molar-refractivity contribution in [2.24, 2.45) is 0 Å².